The molecule has 0 aliphatic heterocycles. The fraction of sp³-hybridized carbons (Fsp3) is 1.00. The van der Waals surface area contributed by atoms with E-state index in [0.717, 1.165) is 23.7 Å². The van der Waals surface area contributed by atoms with Crippen LogP contribution in [-0.2, 0) is 0 Å². The molecule has 104 valence electrons. The molecule has 0 saturated heterocycles. The highest BCUT2D eigenvalue weighted by Gasteiger charge is 2.45. The normalized spacial score (nSPS) is 14.5. The molecule has 0 aromatic carbocycles. The summed E-state index contributed by atoms with van der Waals surface area (Å²) >= 11 is 0. The van der Waals surface area contributed by atoms with Gasteiger partial charge >= 0.3 is 0 Å². The van der Waals surface area contributed by atoms with E-state index in [9.17, 15) is 0 Å². The van der Waals surface area contributed by atoms with Gasteiger partial charge in [0.25, 0.3) is 0 Å². The molecule has 0 aromatic heterocycles. The van der Waals surface area contributed by atoms with Crippen molar-refractivity contribution in [3.63, 3.8) is 0 Å². The molecule has 0 aliphatic carbocycles. The minimum Gasteiger partial charge on any atom is -0.0628 e. The lowest BCUT2D eigenvalue weighted by Crippen LogP contribution is -2.44. The van der Waals surface area contributed by atoms with Crippen LogP contribution in [0.1, 0.15) is 75.7 Å². The van der Waals surface area contributed by atoms with Gasteiger partial charge in [0.15, 0.2) is 0 Å². The van der Waals surface area contributed by atoms with Crippen molar-refractivity contribution in [3.05, 3.63) is 0 Å². The van der Waals surface area contributed by atoms with Gasteiger partial charge in [0.2, 0.25) is 0 Å². The Balaban J connectivity index is 5.19. The van der Waals surface area contributed by atoms with Gasteiger partial charge in [0.05, 0.1) is 0 Å². The zero-order chi connectivity index (χ0) is 14.0. The summed E-state index contributed by atoms with van der Waals surface area (Å²) in [5.74, 6) is 3.09. The predicted octanol–water partition coefficient (Wildman–Crippen LogP) is 6.01. The van der Waals surface area contributed by atoms with Gasteiger partial charge in [-0.2, -0.15) is 0 Å². The lowest BCUT2D eigenvalue weighted by Gasteiger charge is -2.51. The Kier molecular flexibility index (Phi) is 5.76. The van der Waals surface area contributed by atoms with Crippen LogP contribution in [0, 0.1) is 34.5 Å². The molecule has 0 N–H and O–H groups in total. The van der Waals surface area contributed by atoms with E-state index in [-0.39, 0.29) is 0 Å². The summed E-state index contributed by atoms with van der Waals surface area (Å²) in [7, 11) is 0. The molecule has 0 unspecified atom stereocenters. The van der Waals surface area contributed by atoms with Gasteiger partial charge in [-0.1, -0.05) is 69.2 Å². The van der Waals surface area contributed by atoms with E-state index >= 15 is 0 Å². The second-order valence-electron chi connectivity index (χ2n) is 8.22. The number of rotatable bonds is 6. The van der Waals surface area contributed by atoms with Gasteiger partial charge in [-0.3, -0.25) is 0 Å². The van der Waals surface area contributed by atoms with Crippen LogP contribution in [0.2, 0.25) is 0 Å². The van der Waals surface area contributed by atoms with Gasteiger partial charge in [-0.15, -0.1) is 0 Å². The summed E-state index contributed by atoms with van der Waals surface area (Å²) in [5.41, 5.74) is 0.792. The third-order valence-electron chi connectivity index (χ3n) is 4.93. The van der Waals surface area contributed by atoms with Crippen LogP contribution in [-0.4, -0.2) is 0 Å². The maximum Gasteiger partial charge on any atom is -0.0270 e. The quantitative estimate of drug-likeness (QED) is 0.533. The monoisotopic (exact) mass is 240 g/mol. The molecular weight excluding hydrogens is 204 g/mol. The molecule has 0 aromatic rings. The smallest absolute Gasteiger partial charge is 0.0270 e. The zero-order valence-corrected chi connectivity index (χ0v) is 14.0. The standard InChI is InChI=1S/C17H36/c1-12(2)11-16(7,8)17(9,10)15(13(3)4)14(5)6/h12-15H,11H2,1-10H3. The molecule has 0 heterocycles. The lowest BCUT2D eigenvalue weighted by molar-refractivity contribution is -0.0232. The summed E-state index contributed by atoms with van der Waals surface area (Å²) in [6.45, 7) is 24.1. The van der Waals surface area contributed by atoms with Crippen LogP contribution < -0.4 is 0 Å². The van der Waals surface area contributed by atoms with E-state index < -0.39 is 0 Å². The molecule has 0 amide bonds. The van der Waals surface area contributed by atoms with Crippen LogP contribution in [0.4, 0.5) is 0 Å². The van der Waals surface area contributed by atoms with E-state index in [1.54, 1.807) is 0 Å². The highest BCUT2D eigenvalue weighted by molar-refractivity contribution is 4.93. The Morgan fingerprint density at radius 3 is 1.29 bits per heavy atom. The fourth-order valence-electron chi connectivity index (χ4n) is 4.17. The second-order valence-corrected chi connectivity index (χ2v) is 8.22. The van der Waals surface area contributed by atoms with Crippen molar-refractivity contribution in [1.82, 2.24) is 0 Å². The molecule has 0 nitrogen and oxygen atoms in total. The maximum absolute atomic E-state index is 2.49. The van der Waals surface area contributed by atoms with E-state index in [4.69, 9.17) is 0 Å². The third kappa shape index (κ3) is 4.00. The first-order valence-electron chi connectivity index (χ1n) is 7.43. The van der Waals surface area contributed by atoms with Crippen molar-refractivity contribution in [2.75, 3.05) is 0 Å². The highest BCUT2D eigenvalue weighted by Crippen LogP contribution is 2.52. The Hall–Kier alpha value is 0. The van der Waals surface area contributed by atoms with Crippen molar-refractivity contribution in [1.29, 1.82) is 0 Å². The predicted molar refractivity (Wildman–Crippen MR) is 80.2 cm³/mol. The first-order chi connectivity index (χ1) is 7.43. The fourth-order valence-corrected chi connectivity index (χ4v) is 4.17. The van der Waals surface area contributed by atoms with Crippen LogP contribution in [0.25, 0.3) is 0 Å². The molecule has 17 heavy (non-hydrogen) atoms. The van der Waals surface area contributed by atoms with E-state index in [0.29, 0.717) is 10.8 Å². The zero-order valence-electron chi connectivity index (χ0n) is 14.0. The van der Waals surface area contributed by atoms with Gasteiger partial charge in [-0.25, -0.2) is 0 Å². The van der Waals surface area contributed by atoms with Crippen molar-refractivity contribution < 1.29 is 0 Å². The molecule has 0 atom stereocenters. The molecule has 0 fully saturated rings. The van der Waals surface area contributed by atoms with Gasteiger partial charge < -0.3 is 0 Å². The average molecular weight is 240 g/mol. The SMILES string of the molecule is CC(C)CC(C)(C)C(C)(C)C(C(C)C)C(C)C. The number of hydrogen-bond acceptors (Lipinski definition) is 0. The third-order valence-corrected chi connectivity index (χ3v) is 4.93. The van der Waals surface area contributed by atoms with Crippen LogP contribution >= 0.6 is 0 Å². The first kappa shape index (κ1) is 17.0. The summed E-state index contributed by atoms with van der Waals surface area (Å²) in [6, 6.07) is 0. The average Bonchev–Trinajstić information content (AvgIpc) is 1.97. The topological polar surface area (TPSA) is 0 Å². The second kappa shape index (κ2) is 5.76. The van der Waals surface area contributed by atoms with Gasteiger partial charge in [-0.05, 0) is 40.9 Å². The van der Waals surface area contributed by atoms with E-state index in [1.165, 1.54) is 6.42 Å². The molecule has 0 radical (unpaired) electrons. The summed E-state index contributed by atoms with van der Waals surface area (Å²) in [5, 5.41) is 0. The molecule has 0 rings (SSSR count). The minimum absolute atomic E-state index is 0.388. The molecule has 0 heteroatoms. The lowest BCUT2D eigenvalue weighted by atomic mass is 9.54. The molecule has 0 aliphatic rings. The van der Waals surface area contributed by atoms with Crippen LogP contribution in [0.15, 0.2) is 0 Å². The van der Waals surface area contributed by atoms with Gasteiger partial charge in [0, 0.05) is 0 Å². The summed E-state index contributed by atoms with van der Waals surface area (Å²) < 4.78 is 0. The minimum atomic E-state index is 0.388. The highest BCUT2D eigenvalue weighted by atomic mass is 14.5. The Labute approximate surface area is 111 Å². The van der Waals surface area contributed by atoms with E-state index in [2.05, 4.69) is 69.2 Å². The van der Waals surface area contributed by atoms with Crippen molar-refractivity contribution in [2.24, 2.45) is 34.5 Å². The largest absolute Gasteiger partial charge is 0.0628 e. The number of hydrogen-bond donors (Lipinski definition) is 0. The van der Waals surface area contributed by atoms with Crippen LogP contribution in [0.5, 0.6) is 0 Å². The summed E-state index contributed by atoms with van der Waals surface area (Å²) in [6.07, 6.45) is 1.32. The van der Waals surface area contributed by atoms with Crippen LogP contribution in [0.3, 0.4) is 0 Å². The van der Waals surface area contributed by atoms with E-state index in [1.807, 2.05) is 0 Å². The Morgan fingerprint density at radius 1 is 0.706 bits per heavy atom. The molecule has 0 spiro atoms. The first-order valence-corrected chi connectivity index (χ1v) is 7.43. The molecular formula is C17H36. The molecule has 0 saturated carbocycles. The molecule has 0 bridgehead atoms. The van der Waals surface area contributed by atoms with Crippen molar-refractivity contribution in [2.45, 2.75) is 75.7 Å². The Morgan fingerprint density at radius 2 is 1.06 bits per heavy atom. The Bertz CT molecular complexity index is 210. The summed E-state index contributed by atoms with van der Waals surface area (Å²) in [4.78, 5) is 0. The maximum atomic E-state index is 2.49. The van der Waals surface area contributed by atoms with Crippen molar-refractivity contribution in [3.8, 4) is 0 Å². The van der Waals surface area contributed by atoms with Crippen molar-refractivity contribution >= 4 is 0 Å². The van der Waals surface area contributed by atoms with Gasteiger partial charge in [0.1, 0.15) is 0 Å².